The Kier molecular flexibility index (Phi) is 3.84. The summed E-state index contributed by atoms with van der Waals surface area (Å²) < 4.78 is 0. The number of amides is 1. The summed E-state index contributed by atoms with van der Waals surface area (Å²) >= 11 is 0. The monoisotopic (exact) mass is 297 g/mol. The molecule has 4 heteroatoms. The van der Waals surface area contributed by atoms with E-state index in [1.165, 1.54) is 0 Å². The smallest absolute Gasteiger partial charge is 0.336 e. The quantitative estimate of drug-likeness (QED) is 0.922. The average molecular weight is 297 g/mol. The van der Waals surface area contributed by atoms with Gasteiger partial charge in [-0.1, -0.05) is 24.3 Å². The van der Waals surface area contributed by atoms with Crippen LogP contribution < -0.4 is 0 Å². The first-order valence-electron chi connectivity index (χ1n) is 7.65. The molecule has 0 aromatic heterocycles. The van der Waals surface area contributed by atoms with Crippen LogP contribution in [0.1, 0.15) is 46.9 Å². The Bertz CT molecular complexity index is 733. The lowest BCUT2D eigenvalue weighted by molar-refractivity contribution is 0.0637. The normalized spacial score (nSPS) is 18.4. The van der Waals surface area contributed by atoms with Crippen molar-refractivity contribution in [3.05, 3.63) is 47.5 Å². The van der Waals surface area contributed by atoms with Crippen LogP contribution in [0.4, 0.5) is 0 Å². The SMILES string of the molecule is CC1CCCCN1C(=O)c1cccc2cccc(C(=O)O)c12. The summed E-state index contributed by atoms with van der Waals surface area (Å²) in [7, 11) is 0. The van der Waals surface area contributed by atoms with Gasteiger partial charge in [0.05, 0.1) is 5.56 Å². The van der Waals surface area contributed by atoms with Crippen LogP contribution in [-0.4, -0.2) is 34.5 Å². The van der Waals surface area contributed by atoms with E-state index in [2.05, 4.69) is 6.92 Å². The molecule has 114 valence electrons. The number of benzene rings is 2. The van der Waals surface area contributed by atoms with E-state index in [0.29, 0.717) is 10.9 Å². The van der Waals surface area contributed by atoms with E-state index >= 15 is 0 Å². The summed E-state index contributed by atoms with van der Waals surface area (Å²) in [6.07, 6.45) is 3.15. The van der Waals surface area contributed by atoms with Gasteiger partial charge >= 0.3 is 5.97 Å². The van der Waals surface area contributed by atoms with Gasteiger partial charge in [0, 0.05) is 23.5 Å². The minimum absolute atomic E-state index is 0.0634. The first-order chi connectivity index (χ1) is 10.6. The molecule has 0 radical (unpaired) electrons. The molecule has 1 fully saturated rings. The predicted octanol–water partition coefficient (Wildman–Crippen LogP) is 3.55. The van der Waals surface area contributed by atoms with Crippen LogP contribution in [0.15, 0.2) is 36.4 Å². The summed E-state index contributed by atoms with van der Waals surface area (Å²) in [6, 6.07) is 10.7. The van der Waals surface area contributed by atoms with Crippen LogP contribution in [0.5, 0.6) is 0 Å². The summed E-state index contributed by atoms with van der Waals surface area (Å²) in [5.74, 6) is -1.07. The van der Waals surface area contributed by atoms with Gasteiger partial charge in [0.2, 0.25) is 0 Å². The molecule has 1 aliphatic heterocycles. The maximum atomic E-state index is 12.9. The number of piperidine rings is 1. The predicted molar refractivity (Wildman–Crippen MR) is 85.3 cm³/mol. The number of carboxylic acids is 1. The Morgan fingerprint density at radius 3 is 2.41 bits per heavy atom. The van der Waals surface area contributed by atoms with Crippen LogP contribution in [0.2, 0.25) is 0 Å². The van der Waals surface area contributed by atoms with E-state index in [1.807, 2.05) is 23.1 Å². The molecule has 0 spiro atoms. The first kappa shape index (κ1) is 14.6. The lowest BCUT2D eigenvalue weighted by atomic mass is 9.96. The molecule has 2 aromatic rings. The summed E-state index contributed by atoms with van der Waals surface area (Å²) in [4.78, 5) is 26.3. The zero-order valence-electron chi connectivity index (χ0n) is 12.6. The molecule has 2 aromatic carbocycles. The molecule has 0 aliphatic carbocycles. The number of rotatable bonds is 2. The van der Waals surface area contributed by atoms with E-state index in [0.717, 1.165) is 31.2 Å². The summed E-state index contributed by atoms with van der Waals surface area (Å²) in [5, 5.41) is 10.8. The lowest BCUT2D eigenvalue weighted by Crippen LogP contribution is -2.42. The highest BCUT2D eigenvalue weighted by Crippen LogP contribution is 2.27. The molecule has 1 aliphatic rings. The molecule has 22 heavy (non-hydrogen) atoms. The Balaban J connectivity index is 2.14. The molecule has 1 heterocycles. The number of carbonyl (C=O) groups excluding carboxylic acids is 1. The average Bonchev–Trinajstić information content (AvgIpc) is 2.53. The lowest BCUT2D eigenvalue weighted by Gasteiger charge is -2.33. The minimum Gasteiger partial charge on any atom is -0.478 e. The third kappa shape index (κ3) is 2.45. The summed E-state index contributed by atoms with van der Waals surface area (Å²) in [6.45, 7) is 2.80. The van der Waals surface area contributed by atoms with E-state index in [1.54, 1.807) is 18.2 Å². The Morgan fingerprint density at radius 2 is 1.77 bits per heavy atom. The number of hydrogen-bond donors (Lipinski definition) is 1. The molecule has 4 nitrogen and oxygen atoms in total. The van der Waals surface area contributed by atoms with Gasteiger partial charge in [-0.05, 0) is 43.7 Å². The van der Waals surface area contributed by atoms with Gasteiger partial charge in [0.1, 0.15) is 0 Å². The fourth-order valence-electron chi connectivity index (χ4n) is 3.25. The number of carboxylic acid groups (broad SMARTS) is 1. The van der Waals surface area contributed by atoms with Crippen LogP contribution in [-0.2, 0) is 0 Å². The van der Waals surface area contributed by atoms with Gasteiger partial charge in [-0.3, -0.25) is 4.79 Å². The van der Waals surface area contributed by atoms with Crippen molar-refractivity contribution in [2.75, 3.05) is 6.54 Å². The number of aromatic carboxylic acids is 1. The number of likely N-dealkylation sites (tertiary alicyclic amines) is 1. The highest BCUT2D eigenvalue weighted by atomic mass is 16.4. The fourth-order valence-corrected chi connectivity index (χ4v) is 3.25. The third-order valence-electron chi connectivity index (χ3n) is 4.43. The largest absolute Gasteiger partial charge is 0.478 e. The van der Waals surface area contributed by atoms with Gasteiger partial charge in [-0.15, -0.1) is 0 Å². The van der Waals surface area contributed by atoms with E-state index in [-0.39, 0.29) is 17.5 Å². The van der Waals surface area contributed by atoms with Crippen LogP contribution >= 0.6 is 0 Å². The molecule has 1 saturated heterocycles. The second-order valence-corrected chi connectivity index (χ2v) is 5.86. The molecule has 3 rings (SSSR count). The van der Waals surface area contributed by atoms with Gasteiger partial charge in [0.15, 0.2) is 0 Å². The van der Waals surface area contributed by atoms with Gasteiger partial charge in [0.25, 0.3) is 5.91 Å². The topological polar surface area (TPSA) is 57.6 Å². The molecule has 0 saturated carbocycles. The van der Waals surface area contributed by atoms with Crippen molar-refractivity contribution in [3.8, 4) is 0 Å². The molecule has 1 atom stereocenters. The molecule has 1 N–H and O–H groups in total. The van der Waals surface area contributed by atoms with Crippen molar-refractivity contribution in [1.29, 1.82) is 0 Å². The van der Waals surface area contributed by atoms with Crippen molar-refractivity contribution >= 4 is 22.6 Å². The van der Waals surface area contributed by atoms with Gasteiger partial charge in [-0.2, -0.15) is 0 Å². The third-order valence-corrected chi connectivity index (χ3v) is 4.43. The van der Waals surface area contributed by atoms with Crippen LogP contribution in [0.3, 0.4) is 0 Å². The molecule has 1 unspecified atom stereocenters. The fraction of sp³-hybridized carbons (Fsp3) is 0.333. The van der Waals surface area contributed by atoms with Crippen molar-refractivity contribution in [1.82, 2.24) is 4.90 Å². The minimum atomic E-state index is -1.00. The van der Waals surface area contributed by atoms with Crippen LogP contribution in [0, 0.1) is 0 Å². The van der Waals surface area contributed by atoms with Crippen molar-refractivity contribution in [3.63, 3.8) is 0 Å². The van der Waals surface area contributed by atoms with E-state index in [9.17, 15) is 14.7 Å². The second-order valence-electron chi connectivity index (χ2n) is 5.86. The zero-order valence-corrected chi connectivity index (χ0v) is 12.6. The standard InChI is InChI=1S/C18H19NO3/c1-12-6-2-3-11-19(12)17(20)14-9-4-7-13-8-5-10-15(16(13)14)18(21)22/h4-5,7-10,12H,2-3,6,11H2,1H3,(H,21,22). The highest BCUT2D eigenvalue weighted by Gasteiger charge is 2.26. The Labute approximate surface area is 129 Å². The number of carbonyl (C=O) groups is 2. The maximum Gasteiger partial charge on any atom is 0.336 e. The molecule has 1 amide bonds. The van der Waals surface area contributed by atoms with Gasteiger partial charge in [-0.25, -0.2) is 4.79 Å². The Morgan fingerprint density at radius 1 is 1.09 bits per heavy atom. The number of fused-ring (bicyclic) bond motifs is 1. The van der Waals surface area contributed by atoms with E-state index in [4.69, 9.17) is 0 Å². The maximum absolute atomic E-state index is 12.9. The van der Waals surface area contributed by atoms with Gasteiger partial charge < -0.3 is 10.0 Å². The summed E-state index contributed by atoms with van der Waals surface area (Å²) in [5.41, 5.74) is 0.676. The molecular formula is C18H19NO3. The van der Waals surface area contributed by atoms with Crippen LogP contribution in [0.25, 0.3) is 10.8 Å². The number of nitrogens with zero attached hydrogens (tertiary/aromatic N) is 1. The molecular weight excluding hydrogens is 278 g/mol. The van der Waals surface area contributed by atoms with E-state index < -0.39 is 5.97 Å². The van der Waals surface area contributed by atoms with Crippen molar-refractivity contribution in [2.45, 2.75) is 32.2 Å². The Hall–Kier alpha value is -2.36. The van der Waals surface area contributed by atoms with Crippen molar-refractivity contribution < 1.29 is 14.7 Å². The molecule has 0 bridgehead atoms. The highest BCUT2D eigenvalue weighted by molar-refractivity contribution is 6.14. The first-order valence-corrected chi connectivity index (χ1v) is 7.65. The second kappa shape index (κ2) is 5.79. The zero-order chi connectivity index (χ0) is 15.7. The number of hydrogen-bond acceptors (Lipinski definition) is 2. The van der Waals surface area contributed by atoms with Crippen molar-refractivity contribution in [2.24, 2.45) is 0 Å².